The van der Waals surface area contributed by atoms with E-state index < -0.39 is 29.2 Å². The van der Waals surface area contributed by atoms with E-state index in [0.29, 0.717) is 19.3 Å². The molecule has 4 bridgehead atoms. The van der Waals surface area contributed by atoms with Crippen LogP contribution >= 0.6 is 0 Å². The van der Waals surface area contributed by atoms with E-state index in [1.807, 2.05) is 0 Å². The Morgan fingerprint density at radius 3 is 1.62 bits per heavy atom. The van der Waals surface area contributed by atoms with E-state index in [1.165, 1.54) is 0 Å². The van der Waals surface area contributed by atoms with Gasteiger partial charge in [0.1, 0.15) is 0 Å². The van der Waals surface area contributed by atoms with Crippen LogP contribution in [0.4, 0.5) is 22.0 Å². The second kappa shape index (κ2) is 4.42. The Hall–Kier alpha value is -0.680. The summed E-state index contributed by atoms with van der Waals surface area (Å²) < 4.78 is 66.1. The van der Waals surface area contributed by atoms with Crippen molar-refractivity contribution in [1.29, 1.82) is 0 Å². The Kier molecular flexibility index (Phi) is 3.20. The van der Waals surface area contributed by atoms with Crippen LogP contribution in [0, 0.1) is 29.1 Å². The summed E-state index contributed by atoms with van der Waals surface area (Å²) >= 11 is 0. The summed E-state index contributed by atoms with van der Waals surface area (Å²) in [6.45, 7) is 0.212. The van der Waals surface area contributed by atoms with Crippen molar-refractivity contribution < 1.29 is 26.7 Å². The summed E-state index contributed by atoms with van der Waals surface area (Å²) in [5.74, 6) is -7.71. The van der Waals surface area contributed by atoms with E-state index in [4.69, 9.17) is 0 Å². The molecule has 0 radical (unpaired) electrons. The molecule has 4 aliphatic carbocycles. The molecule has 1 nitrogen and oxygen atoms in total. The fourth-order valence-electron chi connectivity index (χ4n) is 5.38. The number of halogens is 5. The number of carbonyl (C=O) groups excluding carboxylic acids is 1. The van der Waals surface area contributed by atoms with Crippen molar-refractivity contribution in [3.8, 4) is 0 Å². The van der Waals surface area contributed by atoms with E-state index >= 15 is 0 Å². The highest BCUT2D eigenvalue weighted by Gasteiger charge is 2.64. The molecule has 0 N–H and O–H groups in total. The lowest BCUT2D eigenvalue weighted by molar-refractivity contribution is -0.237. The first-order chi connectivity index (χ1) is 9.51. The van der Waals surface area contributed by atoms with Crippen LogP contribution in [0.2, 0.25) is 0 Å². The minimum Gasteiger partial charge on any atom is -0.298 e. The monoisotopic (exact) mass is 310 g/mol. The number of Topliss-reactive ketones (excluding diaryl/α,β-unsaturated/α-hetero) is 1. The van der Waals surface area contributed by atoms with E-state index in [0.717, 1.165) is 19.3 Å². The second-order valence-corrected chi connectivity index (χ2v) is 7.49. The minimum absolute atomic E-state index is 0.212. The number of hydrogen-bond acceptors (Lipinski definition) is 1. The zero-order chi connectivity index (χ0) is 15.6. The topological polar surface area (TPSA) is 17.1 Å². The quantitative estimate of drug-likeness (QED) is 0.696. The zero-order valence-electron chi connectivity index (χ0n) is 11.9. The molecule has 120 valence electrons. The Balaban J connectivity index is 1.93. The molecule has 0 spiro atoms. The highest BCUT2D eigenvalue weighted by atomic mass is 19.4. The predicted molar refractivity (Wildman–Crippen MR) is 65.8 cm³/mol. The van der Waals surface area contributed by atoms with Gasteiger partial charge in [0.25, 0.3) is 5.92 Å². The Morgan fingerprint density at radius 2 is 1.33 bits per heavy atom. The van der Waals surface area contributed by atoms with Gasteiger partial charge in [-0.2, -0.15) is 13.2 Å². The molecule has 1 atom stereocenters. The summed E-state index contributed by atoms with van der Waals surface area (Å²) in [6, 6.07) is 0. The van der Waals surface area contributed by atoms with E-state index in [1.54, 1.807) is 0 Å². The third-order valence-electron chi connectivity index (χ3n) is 5.66. The van der Waals surface area contributed by atoms with Gasteiger partial charge in [-0.1, -0.05) is 0 Å². The average Bonchev–Trinajstić information content (AvgIpc) is 2.22. The van der Waals surface area contributed by atoms with Crippen LogP contribution in [0.3, 0.4) is 0 Å². The molecule has 0 saturated heterocycles. The molecule has 0 aromatic carbocycles. The summed E-state index contributed by atoms with van der Waals surface area (Å²) in [5.41, 5.74) is -1.14. The lowest BCUT2D eigenvalue weighted by Crippen LogP contribution is -2.56. The molecular weight excluding hydrogens is 291 g/mol. The van der Waals surface area contributed by atoms with Gasteiger partial charge >= 0.3 is 6.18 Å². The first-order valence-corrected chi connectivity index (χ1v) is 7.50. The van der Waals surface area contributed by atoms with Crippen LogP contribution in [0.25, 0.3) is 0 Å². The molecule has 0 heterocycles. The average molecular weight is 310 g/mol. The molecule has 4 fully saturated rings. The third kappa shape index (κ3) is 2.48. The molecule has 0 aliphatic heterocycles. The summed E-state index contributed by atoms with van der Waals surface area (Å²) in [4.78, 5) is 12.5. The molecule has 0 aromatic heterocycles. The van der Waals surface area contributed by atoms with Crippen molar-refractivity contribution in [1.82, 2.24) is 0 Å². The SMILES string of the molecule is CC(F)(F)C(C(=O)C12CC3CC(CC(C3)C1)C2)C(F)(F)F. The van der Waals surface area contributed by atoms with Gasteiger partial charge in [0.05, 0.1) is 0 Å². The molecule has 4 rings (SSSR count). The highest BCUT2D eigenvalue weighted by molar-refractivity contribution is 5.89. The fourth-order valence-corrected chi connectivity index (χ4v) is 5.38. The number of rotatable bonds is 3. The van der Waals surface area contributed by atoms with Crippen LogP contribution in [0.15, 0.2) is 0 Å². The molecule has 4 aliphatic rings. The van der Waals surface area contributed by atoms with Crippen molar-refractivity contribution in [2.24, 2.45) is 29.1 Å². The van der Waals surface area contributed by atoms with Crippen molar-refractivity contribution >= 4 is 5.78 Å². The number of carbonyl (C=O) groups is 1. The van der Waals surface area contributed by atoms with Crippen LogP contribution in [-0.2, 0) is 4.79 Å². The van der Waals surface area contributed by atoms with E-state index in [2.05, 4.69) is 0 Å². The van der Waals surface area contributed by atoms with E-state index in [-0.39, 0.29) is 24.7 Å². The standard InChI is InChI=1S/C15H19F5O/c1-13(16,17)11(15(18,19)20)12(21)14-5-8-2-9(6-14)4-10(3-8)7-14/h8-11H,2-7H2,1H3. The molecule has 0 amide bonds. The van der Waals surface area contributed by atoms with Crippen LogP contribution in [0.1, 0.15) is 45.4 Å². The fraction of sp³-hybridized carbons (Fsp3) is 0.933. The van der Waals surface area contributed by atoms with Crippen molar-refractivity contribution in [3.63, 3.8) is 0 Å². The highest BCUT2D eigenvalue weighted by Crippen LogP contribution is 2.62. The third-order valence-corrected chi connectivity index (χ3v) is 5.66. The molecule has 1 unspecified atom stereocenters. The van der Waals surface area contributed by atoms with Crippen molar-refractivity contribution in [3.05, 3.63) is 0 Å². The lowest BCUT2D eigenvalue weighted by atomic mass is 9.47. The Labute approximate surface area is 120 Å². The van der Waals surface area contributed by atoms with Gasteiger partial charge < -0.3 is 0 Å². The van der Waals surface area contributed by atoms with Crippen LogP contribution < -0.4 is 0 Å². The molecular formula is C15H19F5O. The lowest BCUT2D eigenvalue weighted by Gasteiger charge is -2.56. The van der Waals surface area contributed by atoms with Gasteiger partial charge in [0.2, 0.25) is 0 Å². The number of ketones is 1. The molecule has 4 saturated carbocycles. The smallest absolute Gasteiger partial charge is 0.298 e. The van der Waals surface area contributed by atoms with Crippen LogP contribution in [0.5, 0.6) is 0 Å². The van der Waals surface area contributed by atoms with E-state index in [9.17, 15) is 26.7 Å². The van der Waals surface area contributed by atoms with Crippen molar-refractivity contribution in [2.45, 2.75) is 57.5 Å². The first-order valence-electron chi connectivity index (χ1n) is 7.50. The van der Waals surface area contributed by atoms with Crippen molar-refractivity contribution in [2.75, 3.05) is 0 Å². The van der Waals surface area contributed by atoms with Gasteiger partial charge in [-0.15, -0.1) is 0 Å². The summed E-state index contributed by atoms with van der Waals surface area (Å²) in [7, 11) is 0. The normalized spacial score (nSPS) is 40.4. The van der Waals surface area contributed by atoms with Gasteiger partial charge in [-0.3, -0.25) is 4.79 Å². The minimum atomic E-state index is -5.18. The largest absolute Gasteiger partial charge is 0.404 e. The molecule has 21 heavy (non-hydrogen) atoms. The van der Waals surface area contributed by atoms with Gasteiger partial charge in [0.15, 0.2) is 11.7 Å². The van der Waals surface area contributed by atoms with Gasteiger partial charge in [-0.25, -0.2) is 8.78 Å². The number of hydrogen-bond donors (Lipinski definition) is 0. The zero-order valence-corrected chi connectivity index (χ0v) is 11.9. The second-order valence-electron chi connectivity index (χ2n) is 7.49. The van der Waals surface area contributed by atoms with Gasteiger partial charge in [-0.05, 0) is 56.3 Å². The summed E-state index contributed by atoms with van der Waals surface area (Å²) in [5, 5.41) is 0. The Morgan fingerprint density at radius 1 is 0.952 bits per heavy atom. The van der Waals surface area contributed by atoms with Crippen LogP contribution in [-0.4, -0.2) is 17.9 Å². The Bertz CT molecular complexity index is 399. The van der Waals surface area contributed by atoms with Gasteiger partial charge in [0, 0.05) is 12.3 Å². The molecule has 0 aromatic rings. The maximum absolute atomic E-state index is 13.5. The maximum atomic E-state index is 13.5. The first kappa shape index (κ1) is 15.2. The molecule has 6 heteroatoms. The number of alkyl halides is 5. The summed E-state index contributed by atoms with van der Waals surface area (Å²) in [6.07, 6.45) is -1.21. The predicted octanol–water partition coefficient (Wildman–Crippen LogP) is 4.61. The maximum Gasteiger partial charge on any atom is 0.404 e.